The summed E-state index contributed by atoms with van der Waals surface area (Å²) in [5.41, 5.74) is 2.51. The molecule has 0 spiro atoms. The largest absolute Gasteiger partial charge is 0.513 e. The second-order valence-corrected chi connectivity index (χ2v) is 7.79. The molecule has 0 fully saturated rings. The third kappa shape index (κ3) is 4.12. The van der Waals surface area contributed by atoms with E-state index in [0.717, 1.165) is 16.7 Å². The van der Waals surface area contributed by atoms with Crippen LogP contribution in [0.2, 0.25) is 5.02 Å². The number of hydrogen-bond donors (Lipinski definition) is 0. The first-order chi connectivity index (χ1) is 14.2. The van der Waals surface area contributed by atoms with Crippen molar-refractivity contribution in [2.24, 2.45) is 0 Å². The fourth-order valence-corrected chi connectivity index (χ4v) is 3.49. The zero-order valence-corrected chi connectivity index (χ0v) is 18.1. The van der Waals surface area contributed by atoms with E-state index in [1.807, 2.05) is 37.3 Å². The molecule has 6 heteroatoms. The maximum atomic E-state index is 13.4. The number of aryl methyl sites for hydroxylation is 1. The summed E-state index contributed by atoms with van der Waals surface area (Å²) in [6.45, 7) is 9.16. The topological polar surface area (TPSA) is 61.8 Å². The average Bonchev–Trinajstić information content (AvgIpc) is 2.72. The molecule has 0 saturated heterocycles. The van der Waals surface area contributed by atoms with Crippen LogP contribution in [0.5, 0.6) is 0 Å². The minimum absolute atomic E-state index is 0.0332. The van der Waals surface area contributed by atoms with Crippen molar-refractivity contribution in [2.45, 2.75) is 32.8 Å². The molecule has 0 atom stereocenters. The number of carbonyl (C=O) groups is 2. The van der Waals surface area contributed by atoms with Crippen LogP contribution in [-0.2, 0) is 25.4 Å². The van der Waals surface area contributed by atoms with Crippen LogP contribution in [0.1, 0.15) is 31.9 Å². The molecule has 1 aliphatic rings. The van der Waals surface area contributed by atoms with Crippen molar-refractivity contribution in [1.82, 2.24) is 0 Å². The average molecular weight is 427 g/mol. The third-order valence-corrected chi connectivity index (χ3v) is 5.17. The molecule has 1 aliphatic heterocycles. The molecule has 30 heavy (non-hydrogen) atoms. The van der Waals surface area contributed by atoms with E-state index < -0.39 is 11.8 Å². The molecule has 5 nitrogen and oxygen atoms in total. The van der Waals surface area contributed by atoms with E-state index >= 15 is 0 Å². The zero-order chi connectivity index (χ0) is 22.1. The molecule has 0 saturated carbocycles. The fraction of sp³-hybridized carbons (Fsp3) is 0.250. The highest BCUT2D eigenvalue weighted by molar-refractivity contribution is 6.30. The number of benzene rings is 2. The molecule has 0 aliphatic carbocycles. The molecule has 2 aromatic rings. The lowest BCUT2D eigenvalue weighted by Crippen LogP contribution is -2.40. The van der Waals surface area contributed by atoms with Crippen molar-refractivity contribution in [3.05, 3.63) is 76.7 Å². The van der Waals surface area contributed by atoms with Gasteiger partial charge in [0.25, 0.3) is 0 Å². The lowest BCUT2D eigenvalue weighted by molar-refractivity contribution is -0.131. The number of methoxy groups -OCH3 is 1. The molecule has 0 amide bonds. The van der Waals surface area contributed by atoms with Crippen LogP contribution in [0.4, 0.5) is 4.79 Å². The minimum atomic E-state index is -1.16. The molecule has 2 aromatic carbocycles. The molecule has 0 unspecified atom stereocenters. The van der Waals surface area contributed by atoms with Gasteiger partial charge in [-0.25, -0.2) is 4.79 Å². The van der Waals surface area contributed by atoms with Crippen molar-refractivity contribution < 1.29 is 23.8 Å². The van der Waals surface area contributed by atoms with E-state index in [0.29, 0.717) is 17.0 Å². The van der Waals surface area contributed by atoms with Crippen molar-refractivity contribution in [2.75, 3.05) is 7.11 Å². The Balaban J connectivity index is 2.26. The zero-order valence-electron chi connectivity index (χ0n) is 17.4. The molecular formula is C24H23ClO5. The van der Waals surface area contributed by atoms with Gasteiger partial charge < -0.3 is 14.2 Å². The Labute approximate surface area is 180 Å². The summed E-state index contributed by atoms with van der Waals surface area (Å²) in [5, 5.41) is 0.637. The Kier molecular flexibility index (Phi) is 6.04. The molecule has 0 N–H and O–H groups in total. The van der Waals surface area contributed by atoms with E-state index in [1.54, 1.807) is 26.0 Å². The molecule has 1 heterocycles. The van der Waals surface area contributed by atoms with Crippen LogP contribution in [0.15, 0.2) is 60.6 Å². The molecular weight excluding hydrogens is 404 g/mol. The third-order valence-electron chi connectivity index (χ3n) is 4.92. The summed E-state index contributed by atoms with van der Waals surface area (Å²) in [7, 11) is 1.19. The van der Waals surface area contributed by atoms with E-state index in [9.17, 15) is 9.59 Å². The Morgan fingerprint density at radius 2 is 1.77 bits per heavy atom. The van der Waals surface area contributed by atoms with Gasteiger partial charge in [-0.05, 0) is 60.7 Å². The number of Topliss-reactive ketones (excluding diaryl/α,β-unsaturated/α-hetero) is 1. The van der Waals surface area contributed by atoms with E-state index in [2.05, 4.69) is 11.3 Å². The predicted octanol–water partition coefficient (Wildman–Crippen LogP) is 5.96. The Morgan fingerprint density at radius 1 is 1.13 bits per heavy atom. The summed E-state index contributed by atoms with van der Waals surface area (Å²) in [4.78, 5) is 25.2. The SMILES string of the molecule is C=C1OC(C)(C)C(=O)C(c2cc(-c3ccc(Cl)cc3)ccc2CC)=C1OC(=O)OC. The lowest BCUT2D eigenvalue weighted by Gasteiger charge is -2.33. The molecule has 156 valence electrons. The van der Waals surface area contributed by atoms with Crippen LogP contribution in [0.3, 0.4) is 0 Å². The van der Waals surface area contributed by atoms with Gasteiger partial charge in [0, 0.05) is 5.02 Å². The first-order valence-corrected chi connectivity index (χ1v) is 9.88. The standard InChI is InChI=1S/C24H23ClO5/c1-6-15-7-8-17(16-9-11-18(25)12-10-16)13-19(15)20-21(29-23(27)28-5)14(2)30-24(3,4)22(20)26/h7-13H,2,6H2,1,3-5H3. The Bertz CT molecular complexity index is 1050. The van der Waals surface area contributed by atoms with Gasteiger partial charge in [-0.1, -0.05) is 49.4 Å². The van der Waals surface area contributed by atoms with Gasteiger partial charge in [-0.2, -0.15) is 0 Å². The number of rotatable bonds is 4. The van der Waals surface area contributed by atoms with Gasteiger partial charge in [0.1, 0.15) is 0 Å². The minimum Gasteiger partial charge on any atom is -0.476 e. The molecule has 0 radical (unpaired) electrons. The summed E-state index contributed by atoms with van der Waals surface area (Å²) in [5.74, 6) is -0.246. The van der Waals surface area contributed by atoms with Gasteiger partial charge in [-0.3, -0.25) is 4.79 Å². The first kappa shape index (κ1) is 21.7. The molecule has 0 aromatic heterocycles. The lowest BCUT2D eigenvalue weighted by atomic mass is 9.84. The van der Waals surface area contributed by atoms with E-state index in [4.69, 9.17) is 21.1 Å². The maximum Gasteiger partial charge on any atom is 0.513 e. The maximum absolute atomic E-state index is 13.4. The monoisotopic (exact) mass is 426 g/mol. The smallest absolute Gasteiger partial charge is 0.476 e. The van der Waals surface area contributed by atoms with Crippen LogP contribution in [0.25, 0.3) is 16.7 Å². The summed E-state index contributed by atoms with van der Waals surface area (Å²) in [6.07, 6.45) is -0.279. The summed E-state index contributed by atoms with van der Waals surface area (Å²) in [6, 6.07) is 13.3. The van der Waals surface area contributed by atoms with Gasteiger partial charge >= 0.3 is 6.16 Å². The summed E-state index contributed by atoms with van der Waals surface area (Å²) >= 11 is 6.01. The van der Waals surface area contributed by atoms with E-state index in [-0.39, 0.29) is 22.9 Å². The highest BCUT2D eigenvalue weighted by Crippen LogP contribution is 2.40. The van der Waals surface area contributed by atoms with Crippen molar-refractivity contribution >= 4 is 29.1 Å². The van der Waals surface area contributed by atoms with E-state index in [1.165, 1.54) is 7.11 Å². The predicted molar refractivity (Wildman–Crippen MR) is 116 cm³/mol. The second kappa shape index (κ2) is 8.36. The number of ether oxygens (including phenoxy) is 3. The second-order valence-electron chi connectivity index (χ2n) is 7.36. The highest BCUT2D eigenvalue weighted by Gasteiger charge is 2.42. The normalized spacial score (nSPS) is 15.6. The quantitative estimate of drug-likeness (QED) is 0.565. The van der Waals surface area contributed by atoms with Crippen molar-refractivity contribution in [1.29, 1.82) is 0 Å². The van der Waals surface area contributed by atoms with Gasteiger partial charge in [-0.15, -0.1) is 0 Å². The Hall–Kier alpha value is -3.05. The van der Waals surface area contributed by atoms with Crippen molar-refractivity contribution in [3.8, 4) is 11.1 Å². The number of carbonyl (C=O) groups excluding carboxylic acids is 2. The number of hydrogen-bond acceptors (Lipinski definition) is 5. The van der Waals surface area contributed by atoms with Crippen LogP contribution < -0.4 is 0 Å². The molecule has 3 rings (SSSR count). The fourth-order valence-electron chi connectivity index (χ4n) is 3.36. The first-order valence-electron chi connectivity index (χ1n) is 9.50. The van der Waals surface area contributed by atoms with Gasteiger partial charge in [0.05, 0.1) is 12.7 Å². The summed E-state index contributed by atoms with van der Waals surface area (Å²) < 4.78 is 15.6. The Morgan fingerprint density at radius 3 is 2.37 bits per heavy atom. The van der Waals surface area contributed by atoms with Crippen LogP contribution in [-0.4, -0.2) is 24.6 Å². The highest BCUT2D eigenvalue weighted by atomic mass is 35.5. The van der Waals surface area contributed by atoms with Crippen molar-refractivity contribution in [3.63, 3.8) is 0 Å². The van der Waals surface area contributed by atoms with Crippen LogP contribution in [0, 0.1) is 0 Å². The number of halogens is 1. The van der Waals surface area contributed by atoms with Gasteiger partial charge in [0.15, 0.2) is 17.1 Å². The van der Waals surface area contributed by atoms with Crippen LogP contribution >= 0.6 is 11.6 Å². The number of ketones is 1. The molecule has 0 bridgehead atoms. The van der Waals surface area contributed by atoms with Gasteiger partial charge in [0.2, 0.25) is 5.78 Å².